The zero-order valence-corrected chi connectivity index (χ0v) is 7.28. The summed E-state index contributed by atoms with van der Waals surface area (Å²) in [5.41, 5.74) is 8.32. The van der Waals surface area contributed by atoms with E-state index in [0.29, 0.717) is 0 Å². The summed E-state index contributed by atoms with van der Waals surface area (Å²) in [6, 6.07) is 0. The molecule has 0 saturated carbocycles. The number of rotatable bonds is 0. The van der Waals surface area contributed by atoms with Crippen LogP contribution in [-0.4, -0.2) is 10.9 Å². The highest BCUT2D eigenvalue weighted by Gasteiger charge is 1.66. The Morgan fingerprint density at radius 2 is 2.18 bits per heavy atom. The van der Waals surface area contributed by atoms with Gasteiger partial charge in [-0.15, -0.1) is 23.7 Å². The van der Waals surface area contributed by atoms with E-state index >= 15 is 0 Å². The van der Waals surface area contributed by atoms with E-state index in [4.69, 9.17) is 5.41 Å². The van der Waals surface area contributed by atoms with Gasteiger partial charge in [0.1, 0.15) is 0 Å². The van der Waals surface area contributed by atoms with E-state index in [0.717, 1.165) is 0 Å². The molecule has 0 spiro atoms. The first kappa shape index (κ1) is 12.8. The highest BCUT2D eigenvalue weighted by atomic mass is 35.5. The lowest BCUT2D eigenvalue weighted by molar-refractivity contribution is 0.995. The Hall–Kier alpha value is -0.850. The van der Waals surface area contributed by atoms with Gasteiger partial charge in [0.2, 0.25) is 0 Å². The van der Waals surface area contributed by atoms with Gasteiger partial charge in [-0.25, -0.2) is 5.84 Å². The molecule has 1 heterocycles. The number of nitrogens with zero attached hydrogens (tertiary/aromatic N) is 1. The molecule has 64 valence electrons. The summed E-state index contributed by atoms with van der Waals surface area (Å²) in [4.78, 5) is 3.74. The third kappa shape index (κ3) is 12.4. The maximum Gasteiger partial charge on any atom is 0.200 e. The van der Waals surface area contributed by atoms with Gasteiger partial charge in [-0.1, -0.05) is 0 Å². The maximum absolute atomic E-state index is 6.28. The van der Waals surface area contributed by atoms with Crippen molar-refractivity contribution < 1.29 is 0 Å². The minimum absolute atomic E-state index is 0. The monoisotopic (exact) mass is 195 g/mol. The highest BCUT2D eigenvalue weighted by molar-refractivity contribution is 7.07. The fraction of sp³-hybridized carbons (Fsp3) is 0. The smallest absolute Gasteiger partial charge is 0.200 e. The Kier molecular flexibility index (Phi) is 10.6. The van der Waals surface area contributed by atoms with Crippen molar-refractivity contribution in [1.82, 2.24) is 10.4 Å². The molecule has 0 fully saturated rings. The zero-order valence-electron chi connectivity index (χ0n) is 5.65. The molecule has 0 aliphatic rings. The molecule has 11 heavy (non-hydrogen) atoms. The van der Waals surface area contributed by atoms with Gasteiger partial charge in [-0.05, 0) is 0 Å². The third-order valence-corrected chi connectivity index (χ3v) is 1.02. The second kappa shape index (κ2) is 9.15. The number of nitrogens with one attached hydrogen (secondary N) is 2. The van der Waals surface area contributed by atoms with E-state index in [-0.39, 0.29) is 18.4 Å². The minimum atomic E-state index is -0.218. The summed E-state index contributed by atoms with van der Waals surface area (Å²) in [7, 11) is 0. The van der Waals surface area contributed by atoms with Crippen LogP contribution in [-0.2, 0) is 0 Å². The van der Waals surface area contributed by atoms with Gasteiger partial charge in [-0.3, -0.25) is 15.8 Å². The first-order valence-corrected chi connectivity index (χ1v) is 3.34. The van der Waals surface area contributed by atoms with Crippen LogP contribution in [0.5, 0.6) is 0 Å². The molecule has 7 heteroatoms. The number of hydrogen-bond donors (Lipinski definition) is 4. The van der Waals surface area contributed by atoms with Crippen LogP contribution < -0.4 is 17.0 Å². The number of hydrogen-bond acceptors (Lipinski definition) is 4. The van der Waals surface area contributed by atoms with Crippen LogP contribution in [0, 0.1) is 5.41 Å². The predicted octanol–water partition coefficient (Wildman–Crippen LogP) is -0.0919. The van der Waals surface area contributed by atoms with Crippen molar-refractivity contribution >= 4 is 29.7 Å². The number of aromatic nitrogens is 1. The van der Waals surface area contributed by atoms with Crippen molar-refractivity contribution in [3.8, 4) is 0 Å². The van der Waals surface area contributed by atoms with Gasteiger partial charge in [0, 0.05) is 11.6 Å². The first-order valence-electron chi connectivity index (χ1n) is 2.40. The predicted molar refractivity (Wildman–Crippen MR) is 48.6 cm³/mol. The molecule has 0 bridgehead atoms. The molecule has 6 N–H and O–H groups in total. The SMILES string of the molecule is Cl.N=C(N)NN.c1cscn1. The normalized spacial score (nSPS) is 6.64. The number of halogens is 1. The fourth-order valence-electron chi connectivity index (χ4n) is 0.176. The largest absolute Gasteiger partial charge is 0.369 e. The number of nitrogens with two attached hydrogens (primary N) is 2. The van der Waals surface area contributed by atoms with Crippen LogP contribution >= 0.6 is 23.7 Å². The van der Waals surface area contributed by atoms with E-state index in [9.17, 15) is 0 Å². The highest BCUT2D eigenvalue weighted by Crippen LogP contribution is 1.85. The second-order valence-corrected chi connectivity index (χ2v) is 1.99. The Labute approximate surface area is 74.7 Å². The van der Waals surface area contributed by atoms with Crippen molar-refractivity contribution in [1.29, 1.82) is 5.41 Å². The van der Waals surface area contributed by atoms with E-state index in [1.165, 1.54) is 0 Å². The summed E-state index contributed by atoms with van der Waals surface area (Å²) >= 11 is 1.60. The quantitative estimate of drug-likeness (QED) is 0.201. The minimum Gasteiger partial charge on any atom is -0.369 e. The summed E-state index contributed by atoms with van der Waals surface area (Å²) in [6.07, 6.45) is 1.77. The maximum atomic E-state index is 6.28. The molecule has 0 unspecified atom stereocenters. The lowest BCUT2D eigenvalue weighted by Gasteiger charge is -1.85. The number of thiazole rings is 1. The molecular weight excluding hydrogens is 186 g/mol. The van der Waals surface area contributed by atoms with Crippen LogP contribution in [0.25, 0.3) is 0 Å². The fourth-order valence-corrected chi connectivity index (χ4v) is 0.527. The van der Waals surface area contributed by atoms with E-state index in [1.807, 2.05) is 10.8 Å². The molecule has 0 aliphatic carbocycles. The third-order valence-electron chi connectivity index (χ3n) is 0.503. The molecule has 0 saturated heterocycles. The van der Waals surface area contributed by atoms with Gasteiger partial charge in [0.25, 0.3) is 0 Å². The molecule has 1 aromatic heterocycles. The van der Waals surface area contributed by atoms with E-state index < -0.39 is 0 Å². The lowest BCUT2D eigenvalue weighted by Crippen LogP contribution is -2.35. The van der Waals surface area contributed by atoms with Crippen molar-refractivity contribution in [3.05, 3.63) is 17.1 Å². The number of guanidine groups is 1. The van der Waals surface area contributed by atoms with Crippen LogP contribution in [0.1, 0.15) is 0 Å². The van der Waals surface area contributed by atoms with Crippen LogP contribution in [0.4, 0.5) is 0 Å². The van der Waals surface area contributed by atoms with Gasteiger partial charge in [0.05, 0.1) is 5.51 Å². The average molecular weight is 196 g/mol. The Morgan fingerprint density at radius 3 is 2.27 bits per heavy atom. The molecule has 1 rings (SSSR count). The van der Waals surface area contributed by atoms with E-state index in [2.05, 4.69) is 16.6 Å². The van der Waals surface area contributed by atoms with E-state index in [1.54, 1.807) is 23.0 Å². The molecule has 0 atom stereocenters. The summed E-state index contributed by atoms with van der Waals surface area (Å²) in [5.74, 6) is 4.35. The average Bonchev–Trinajstić information content (AvgIpc) is 2.43. The van der Waals surface area contributed by atoms with Gasteiger partial charge in [-0.2, -0.15) is 0 Å². The molecule has 0 aromatic carbocycles. The van der Waals surface area contributed by atoms with Crippen LogP contribution in [0.3, 0.4) is 0 Å². The molecule has 0 radical (unpaired) electrons. The number of hydrazine groups is 1. The van der Waals surface area contributed by atoms with Crippen molar-refractivity contribution in [2.75, 3.05) is 0 Å². The van der Waals surface area contributed by atoms with Crippen LogP contribution in [0.2, 0.25) is 0 Å². The Morgan fingerprint density at radius 1 is 1.64 bits per heavy atom. The summed E-state index contributed by atoms with van der Waals surface area (Å²) < 4.78 is 0. The second-order valence-electron chi connectivity index (χ2n) is 1.23. The topological polar surface area (TPSA) is 101 Å². The zero-order chi connectivity index (χ0) is 7.82. The lowest BCUT2D eigenvalue weighted by atomic mass is 11.0. The standard InChI is InChI=1S/C3H3NS.CH6N4.ClH/c1-2-5-3-4-1;2-1(3)5-4;/h1-3H;4H2,(H4,2,3,5);1H. The van der Waals surface area contributed by atoms with Crippen LogP contribution in [0.15, 0.2) is 17.1 Å². The van der Waals surface area contributed by atoms with Crippen molar-refractivity contribution in [2.24, 2.45) is 11.6 Å². The summed E-state index contributed by atoms with van der Waals surface area (Å²) in [5, 5.41) is 8.22. The van der Waals surface area contributed by atoms with Gasteiger partial charge < -0.3 is 5.73 Å². The Balaban J connectivity index is 0. The molecule has 0 aliphatic heterocycles. The van der Waals surface area contributed by atoms with Crippen molar-refractivity contribution in [2.45, 2.75) is 0 Å². The first-order chi connectivity index (χ1) is 4.77. The molecule has 1 aromatic rings. The summed E-state index contributed by atoms with van der Waals surface area (Å²) in [6.45, 7) is 0. The molecule has 5 nitrogen and oxygen atoms in total. The Bertz CT molecular complexity index is 148. The van der Waals surface area contributed by atoms with Gasteiger partial charge in [0.15, 0.2) is 5.96 Å². The molecular formula is C4H10ClN5S. The molecule has 0 amide bonds. The van der Waals surface area contributed by atoms with Gasteiger partial charge >= 0.3 is 0 Å². The van der Waals surface area contributed by atoms with Crippen molar-refractivity contribution in [3.63, 3.8) is 0 Å².